The summed E-state index contributed by atoms with van der Waals surface area (Å²) in [7, 11) is 1.69. The van der Waals surface area contributed by atoms with Gasteiger partial charge in [0.2, 0.25) is 0 Å². The molecular formula is C18H18BrN3OS. The molecule has 2 aromatic carbocycles. The van der Waals surface area contributed by atoms with Gasteiger partial charge in [0, 0.05) is 15.8 Å². The lowest BCUT2D eigenvalue weighted by molar-refractivity contribution is 0.411. The van der Waals surface area contributed by atoms with E-state index in [-0.39, 0.29) is 0 Å². The Kier molecular flexibility index (Phi) is 5.26. The zero-order valence-electron chi connectivity index (χ0n) is 13.8. The summed E-state index contributed by atoms with van der Waals surface area (Å²) in [5.74, 6) is 1.63. The molecule has 0 aliphatic rings. The number of aromatic nitrogens is 3. The zero-order valence-corrected chi connectivity index (χ0v) is 16.2. The first-order valence-electron chi connectivity index (χ1n) is 7.51. The summed E-state index contributed by atoms with van der Waals surface area (Å²) in [5, 5.41) is 9.22. The minimum absolute atomic E-state index is 0.756. The Bertz CT molecular complexity index is 863. The highest BCUT2D eigenvalue weighted by atomic mass is 79.9. The molecule has 0 N–H and O–H groups in total. The third-order valence-corrected chi connectivity index (χ3v) is 5.21. The van der Waals surface area contributed by atoms with Gasteiger partial charge in [0.25, 0.3) is 0 Å². The minimum atomic E-state index is 0.756. The van der Waals surface area contributed by atoms with Crippen molar-refractivity contribution in [2.45, 2.75) is 24.8 Å². The average Bonchev–Trinajstić information content (AvgIpc) is 3.01. The predicted molar refractivity (Wildman–Crippen MR) is 101 cm³/mol. The second kappa shape index (κ2) is 7.40. The van der Waals surface area contributed by atoms with E-state index in [2.05, 4.69) is 64.2 Å². The van der Waals surface area contributed by atoms with Crippen molar-refractivity contribution < 1.29 is 4.74 Å². The maximum absolute atomic E-state index is 5.44. The number of methoxy groups -OCH3 is 1. The van der Waals surface area contributed by atoms with Gasteiger partial charge in [-0.25, -0.2) is 0 Å². The summed E-state index contributed by atoms with van der Waals surface area (Å²) in [6.45, 7) is 4.20. The van der Waals surface area contributed by atoms with Crippen molar-refractivity contribution in [2.24, 2.45) is 0 Å². The van der Waals surface area contributed by atoms with Crippen LogP contribution in [0.15, 0.2) is 52.4 Å². The molecule has 0 radical (unpaired) electrons. The van der Waals surface area contributed by atoms with E-state index in [1.165, 1.54) is 11.1 Å². The normalized spacial score (nSPS) is 10.8. The van der Waals surface area contributed by atoms with Gasteiger partial charge in [-0.05, 0) is 43.7 Å². The monoisotopic (exact) mass is 403 g/mol. The molecule has 0 saturated heterocycles. The van der Waals surface area contributed by atoms with Crippen LogP contribution < -0.4 is 4.74 Å². The van der Waals surface area contributed by atoms with Gasteiger partial charge in [0.1, 0.15) is 12.1 Å². The van der Waals surface area contributed by atoms with Gasteiger partial charge < -0.3 is 4.74 Å². The van der Waals surface area contributed by atoms with Crippen molar-refractivity contribution in [1.82, 2.24) is 14.8 Å². The third-order valence-electron chi connectivity index (χ3n) is 3.73. The number of hydrogen-bond acceptors (Lipinski definition) is 4. The van der Waals surface area contributed by atoms with Crippen LogP contribution in [0.4, 0.5) is 0 Å². The summed E-state index contributed by atoms with van der Waals surface area (Å²) in [6, 6.07) is 12.4. The molecule has 124 valence electrons. The molecule has 0 bridgehead atoms. The van der Waals surface area contributed by atoms with Gasteiger partial charge in [-0.1, -0.05) is 45.4 Å². The number of halogens is 1. The molecular weight excluding hydrogens is 386 g/mol. The highest BCUT2D eigenvalue weighted by Gasteiger charge is 2.11. The fourth-order valence-corrected chi connectivity index (χ4v) is 3.87. The van der Waals surface area contributed by atoms with Crippen LogP contribution in [0.2, 0.25) is 0 Å². The topological polar surface area (TPSA) is 39.9 Å². The first-order chi connectivity index (χ1) is 11.6. The number of ether oxygens (including phenoxy) is 1. The van der Waals surface area contributed by atoms with Gasteiger partial charge >= 0.3 is 0 Å². The number of nitrogens with zero attached hydrogens (tertiary/aromatic N) is 3. The van der Waals surface area contributed by atoms with Crippen LogP contribution in [-0.2, 0) is 5.75 Å². The average molecular weight is 404 g/mol. The standard InChI is InChI=1S/C18H18BrN3OS/c1-12-4-6-16(13(2)8-12)22-11-20-21-18(22)24-10-14-9-15(19)5-7-17(14)23-3/h4-9,11H,10H2,1-3H3. The fraction of sp³-hybridized carbons (Fsp3) is 0.222. The largest absolute Gasteiger partial charge is 0.496 e. The molecule has 0 aliphatic carbocycles. The highest BCUT2D eigenvalue weighted by Crippen LogP contribution is 2.30. The predicted octanol–water partition coefficient (Wildman–Crippen LogP) is 4.95. The second-order valence-electron chi connectivity index (χ2n) is 5.52. The van der Waals surface area contributed by atoms with E-state index in [0.717, 1.165) is 32.4 Å². The van der Waals surface area contributed by atoms with Crippen LogP contribution in [0.25, 0.3) is 5.69 Å². The Morgan fingerprint density at radius 1 is 1.17 bits per heavy atom. The van der Waals surface area contributed by atoms with Gasteiger partial charge in [-0.3, -0.25) is 4.57 Å². The minimum Gasteiger partial charge on any atom is -0.496 e. The molecule has 0 saturated carbocycles. The molecule has 24 heavy (non-hydrogen) atoms. The van der Waals surface area contributed by atoms with Crippen LogP contribution in [0, 0.1) is 13.8 Å². The van der Waals surface area contributed by atoms with Crippen molar-refractivity contribution in [1.29, 1.82) is 0 Å². The number of rotatable bonds is 5. The SMILES string of the molecule is COc1ccc(Br)cc1CSc1nncn1-c1ccc(C)cc1C. The molecule has 1 heterocycles. The number of thioether (sulfide) groups is 1. The maximum Gasteiger partial charge on any atom is 0.195 e. The number of aryl methyl sites for hydroxylation is 2. The third kappa shape index (κ3) is 3.65. The molecule has 4 nitrogen and oxygen atoms in total. The Morgan fingerprint density at radius 3 is 2.75 bits per heavy atom. The van der Waals surface area contributed by atoms with Crippen molar-refractivity contribution >= 4 is 27.7 Å². The molecule has 0 fully saturated rings. The Morgan fingerprint density at radius 2 is 2.00 bits per heavy atom. The van der Waals surface area contributed by atoms with E-state index in [4.69, 9.17) is 4.74 Å². The van der Waals surface area contributed by atoms with Crippen LogP contribution in [-0.4, -0.2) is 21.9 Å². The van der Waals surface area contributed by atoms with Crippen molar-refractivity contribution in [2.75, 3.05) is 7.11 Å². The zero-order chi connectivity index (χ0) is 17.1. The number of hydrogen-bond donors (Lipinski definition) is 0. The Hall–Kier alpha value is -1.79. The first-order valence-corrected chi connectivity index (χ1v) is 9.29. The van der Waals surface area contributed by atoms with E-state index in [0.29, 0.717) is 0 Å². The Labute approximate surface area is 154 Å². The quantitative estimate of drug-likeness (QED) is 0.565. The molecule has 0 spiro atoms. The molecule has 3 rings (SSSR count). The summed E-state index contributed by atoms with van der Waals surface area (Å²) in [4.78, 5) is 0. The molecule has 0 amide bonds. The summed E-state index contributed by atoms with van der Waals surface area (Å²) < 4.78 is 8.51. The lowest BCUT2D eigenvalue weighted by Gasteiger charge is -2.11. The molecule has 3 aromatic rings. The van der Waals surface area contributed by atoms with Gasteiger partial charge in [-0.15, -0.1) is 10.2 Å². The summed E-state index contributed by atoms with van der Waals surface area (Å²) in [6.07, 6.45) is 1.76. The Balaban J connectivity index is 1.85. The van der Waals surface area contributed by atoms with Crippen molar-refractivity contribution in [3.05, 3.63) is 63.9 Å². The molecule has 0 atom stereocenters. The molecule has 0 aliphatic heterocycles. The van der Waals surface area contributed by atoms with E-state index in [9.17, 15) is 0 Å². The smallest absolute Gasteiger partial charge is 0.195 e. The number of benzene rings is 2. The maximum atomic E-state index is 5.44. The van der Waals surface area contributed by atoms with E-state index in [1.54, 1.807) is 25.2 Å². The van der Waals surface area contributed by atoms with Gasteiger partial charge in [0.05, 0.1) is 12.8 Å². The molecule has 0 unspecified atom stereocenters. The van der Waals surface area contributed by atoms with Crippen LogP contribution in [0.3, 0.4) is 0 Å². The van der Waals surface area contributed by atoms with Gasteiger partial charge in [0.15, 0.2) is 5.16 Å². The fourth-order valence-electron chi connectivity index (χ4n) is 2.57. The van der Waals surface area contributed by atoms with Crippen molar-refractivity contribution in [3.8, 4) is 11.4 Å². The van der Waals surface area contributed by atoms with E-state index < -0.39 is 0 Å². The molecule has 1 aromatic heterocycles. The first kappa shape index (κ1) is 17.0. The van der Waals surface area contributed by atoms with E-state index in [1.807, 2.05) is 16.7 Å². The highest BCUT2D eigenvalue weighted by molar-refractivity contribution is 9.10. The van der Waals surface area contributed by atoms with Crippen LogP contribution >= 0.6 is 27.7 Å². The van der Waals surface area contributed by atoms with Crippen LogP contribution in [0.5, 0.6) is 5.75 Å². The van der Waals surface area contributed by atoms with Crippen molar-refractivity contribution in [3.63, 3.8) is 0 Å². The summed E-state index contributed by atoms with van der Waals surface area (Å²) >= 11 is 5.16. The summed E-state index contributed by atoms with van der Waals surface area (Å²) in [5.41, 5.74) is 4.68. The molecule has 6 heteroatoms. The van der Waals surface area contributed by atoms with E-state index >= 15 is 0 Å². The second-order valence-corrected chi connectivity index (χ2v) is 7.38. The lowest BCUT2D eigenvalue weighted by atomic mass is 10.1. The van der Waals surface area contributed by atoms with Crippen LogP contribution in [0.1, 0.15) is 16.7 Å². The van der Waals surface area contributed by atoms with Gasteiger partial charge in [-0.2, -0.15) is 0 Å². The lowest BCUT2D eigenvalue weighted by Crippen LogP contribution is -1.99.